The number of fused-ring (bicyclic) bond motifs is 20. The number of aromatic nitrogens is 8. The Bertz CT molecular complexity index is 2610. The number of hydrogen-bond donors (Lipinski definition) is 2. The quantitative estimate of drug-likeness (QED) is 0.117. The summed E-state index contributed by atoms with van der Waals surface area (Å²) in [6.07, 6.45) is 13.2. The number of aromatic amines is 2. The summed E-state index contributed by atoms with van der Waals surface area (Å²) in [6.45, 7) is 9.20. The smallest absolute Gasteiger partial charge is 0.164 e. The van der Waals surface area contributed by atoms with E-state index in [9.17, 15) is 0 Å². The Morgan fingerprint density at radius 3 is 1.00 bits per heavy atom. The Morgan fingerprint density at radius 2 is 0.661 bits per heavy atom. The van der Waals surface area contributed by atoms with Gasteiger partial charge in [-0.15, -0.1) is 0 Å². The van der Waals surface area contributed by atoms with Gasteiger partial charge in [0.15, 0.2) is 23.3 Å². The highest BCUT2D eigenvalue weighted by atomic mass is 28.1. The van der Waals surface area contributed by atoms with Crippen LogP contribution in [0.3, 0.4) is 0 Å². The molecule has 0 radical (unpaired) electrons. The zero-order chi connectivity index (χ0) is 38.2. The van der Waals surface area contributed by atoms with Crippen LogP contribution in [0.1, 0.15) is 101 Å². The van der Waals surface area contributed by atoms with E-state index in [0.29, 0.717) is 34.6 Å². The van der Waals surface area contributed by atoms with Crippen LogP contribution in [0, 0.1) is 0 Å². The van der Waals surface area contributed by atoms with Crippen molar-refractivity contribution in [3.05, 3.63) is 95.1 Å². The molecule has 7 aromatic rings. The molecular weight excluding hydrogens is 749 g/mol. The Hall–Kier alpha value is -5.62. The lowest BCUT2D eigenvalue weighted by molar-refractivity contribution is 0.724. The van der Waals surface area contributed by atoms with Gasteiger partial charge < -0.3 is 20.9 Å². The van der Waals surface area contributed by atoms with Crippen molar-refractivity contribution < 1.29 is 11.0 Å². The molecule has 9 rings (SSSR count). The van der Waals surface area contributed by atoms with Gasteiger partial charge in [0.25, 0.3) is 0 Å². The van der Waals surface area contributed by atoms with Crippen LogP contribution >= 0.6 is 0 Å². The van der Waals surface area contributed by atoms with Gasteiger partial charge in [-0.1, -0.05) is 126 Å². The SMILES string of the molecule is CCCCc1c(CCCC)c(CCCC)c2c3nc4nc(nc5[nH]c(nc6nc(nc([nH]3)c2c1CCCC)-c1ccccc1-6)c1ccccc51)-c1ccccc1-4.O.O.[SiH4]. The molecule has 0 fully saturated rings. The first-order valence-electron chi connectivity index (χ1n) is 20.9. The Labute approximate surface area is 350 Å². The van der Waals surface area contributed by atoms with Crippen LogP contribution in [0.4, 0.5) is 0 Å². The molecule has 0 unspecified atom stereocenters. The van der Waals surface area contributed by atoms with Gasteiger partial charge in [0, 0.05) is 43.8 Å². The summed E-state index contributed by atoms with van der Waals surface area (Å²) in [5, 5.41) is 4.34. The molecule has 0 saturated heterocycles. The van der Waals surface area contributed by atoms with E-state index in [-0.39, 0.29) is 21.9 Å². The largest absolute Gasteiger partial charge is 0.412 e. The molecule has 0 aliphatic carbocycles. The van der Waals surface area contributed by atoms with Gasteiger partial charge in [0.05, 0.1) is 0 Å². The summed E-state index contributed by atoms with van der Waals surface area (Å²) >= 11 is 0. The molecule has 306 valence electrons. The average Bonchev–Trinajstić information content (AvgIpc) is 3.96. The van der Waals surface area contributed by atoms with E-state index < -0.39 is 0 Å². The van der Waals surface area contributed by atoms with Gasteiger partial charge in [-0.3, -0.25) is 0 Å². The Morgan fingerprint density at radius 1 is 0.373 bits per heavy atom. The third-order valence-corrected chi connectivity index (χ3v) is 11.6. The van der Waals surface area contributed by atoms with Crippen molar-refractivity contribution in [2.45, 2.75) is 105 Å². The second kappa shape index (κ2) is 18.5. The minimum Gasteiger partial charge on any atom is -0.412 e. The fourth-order valence-corrected chi connectivity index (χ4v) is 8.74. The summed E-state index contributed by atoms with van der Waals surface area (Å²) in [4.78, 5) is 39.3. The van der Waals surface area contributed by atoms with Crippen molar-refractivity contribution in [3.8, 4) is 45.6 Å². The number of aryl methyl sites for hydroxylation is 2. The highest BCUT2D eigenvalue weighted by Gasteiger charge is 2.26. The van der Waals surface area contributed by atoms with Crippen LogP contribution < -0.4 is 0 Å². The van der Waals surface area contributed by atoms with Gasteiger partial charge in [-0.05, 0) is 84.6 Å². The number of rotatable bonds is 12. The van der Waals surface area contributed by atoms with Crippen molar-refractivity contribution in [3.63, 3.8) is 0 Å². The molecule has 2 aliphatic rings. The highest BCUT2D eigenvalue weighted by molar-refractivity contribution is 6.10. The molecule has 8 bridgehead atoms. The average molecular weight is 807 g/mol. The summed E-state index contributed by atoms with van der Waals surface area (Å²) in [7, 11) is 0. The second-order valence-electron chi connectivity index (χ2n) is 15.3. The Kier molecular flexibility index (Phi) is 13.5. The van der Waals surface area contributed by atoms with E-state index in [4.69, 9.17) is 29.9 Å². The van der Waals surface area contributed by atoms with Crippen LogP contribution in [-0.2, 0) is 25.7 Å². The summed E-state index contributed by atoms with van der Waals surface area (Å²) in [5.74, 6) is 2.57. The molecule has 0 saturated carbocycles. The first kappa shape index (κ1) is 43.0. The zero-order valence-corrected chi connectivity index (χ0v) is 34.1. The number of unbranched alkanes of at least 4 members (excludes halogenated alkanes) is 4. The predicted molar refractivity (Wildman–Crippen MR) is 249 cm³/mol. The lowest BCUT2D eigenvalue weighted by Crippen LogP contribution is -2.08. The molecule has 11 heteroatoms. The van der Waals surface area contributed by atoms with Crippen molar-refractivity contribution in [1.29, 1.82) is 0 Å². The van der Waals surface area contributed by atoms with Gasteiger partial charge in [0.2, 0.25) is 0 Å². The lowest BCUT2D eigenvalue weighted by Gasteiger charge is -2.22. The van der Waals surface area contributed by atoms with E-state index in [2.05, 4.69) is 86.2 Å². The van der Waals surface area contributed by atoms with Gasteiger partial charge in [-0.2, -0.15) is 0 Å². The van der Waals surface area contributed by atoms with E-state index in [1.807, 2.05) is 24.3 Å². The lowest BCUT2D eigenvalue weighted by atomic mass is 9.82. The van der Waals surface area contributed by atoms with Crippen LogP contribution in [0.5, 0.6) is 0 Å². The first-order valence-corrected chi connectivity index (χ1v) is 20.9. The third-order valence-electron chi connectivity index (χ3n) is 11.6. The maximum atomic E-state index is 5.52. The number of nitrogens with zero attached hydrogens (tertiary/aromatic N) is 6. The first-order chi connectivity index (χ1) is 27.6. The highest BCUT2D eigenvalue weighted by Crippen LogP contribution is 2.41. The zero-order valence-electron chi connectivity index (χ0n) is 34.1. The fourth-order valence-electron chi connectivity index (χ4n) is 8.74. The second-order valence-corrected chi connectivity index (χ2v) is 15.3. The summed E-state index contributed by atoms with van der Waals surface area (Å²) in [5.41, 5.74) is 12.9. The van der Waals surface area contributed by atoms with E-state index in [0.717, 1.165) is 121 Å². The molecule has 10 nitrogen and oxygen atoms in total. The van der Waals surface area contributed by atoms with Crippen molar-refractivity contribution in [2.75, 3.05) is 0 Å². The molecule has 2 aliphatic heterocycles. The maximum Gasteiger partial charge on any atom is 0.164 e. The maximum absolute atomic E-state index is 5.52. The molecular formula is C48H58N8O2Si. The van der Waals surface area contributed by atoms with Crippen molar-refractivity contribution in [2.24, 2.45) is 0 Å². The molecule has 4 aromatic carbocycles. The molecule has 6 N–H and O–H groups in total. The molecule has 0 spiro atoms. The molecule has 0 amide bonds. The number of H-pyrrole nitrogens is 2. The predicted octanol–water partition coefficient (Wildman–Crippen LogP) is 9.14. The van der Waals surface area contributed by atoms with Crippen LogP contribution in [0.15, 0.2) is 72.8 Å². The van der Waals surface area contributed by atoms with Gasteiger partial charge in [0.1, 0.15) is 22.6 Å². The topological polar surface area (TPSA) is 172 Å². The summed E-state index contributed by atoms with van der Waals surface area (Å²) in [6, 6.07) is 24.9. The standard InChI is InChI=1S/C48H50N8.2H2O.H4Si/c1-5-9-19-29-30(20-10-6-2)32(22-12-8-4)40-39(31(29)21-11-7-3)47-54-45-37-27-17-15-25-35(37)43(52-45)50-41-33-23-13-14-24-34(33)42(49-41)51-44-36-26-16-18-28-38(36)46(53-44)55-48(40)56-47;;;/h13-18,23-28H,5-12,19-22H2,1-4H3,(H2,49,50,51,52,53,54,55,56);2*1H2;1H4. The van der Waals surface area contributed by atoms with Gasteiger partial charge in [-0.25, -0.2) is 29.9 Å². The monoisotopic (exact) mass is 806 g/mol. The minimum absolute atomic E-state index is 0. The molecule has 0 atom stereocenters. The van der Waals surface area contributed by atoms with Crippen LogP contribution in [-0.4, -0.2) is 61.8 Å². The van der Waals surface area contributed by atoms with Crippen molar-refractivity contribution in [1.82, 2.24) is 39.9 Å². The fraction of sp³-hybridized carbons (Fsp3) is 0.333. The van der Waals surface area contributed by atoms with E-state index in [1.54, 1.807) is 11.1 Å². The van der Waals surface area contributed by atoms with Crippen molar-refractivity contribution >= 4 is 55.1 Å². The Balaban J connectivity index is 0.00000195. The van der Waals surface area contributed by atoms with Gasteiger partial charge >= 0.3 is 0 Å². The van der Waals surface area contributed by atoms with Crippen LogP contribution in [0.25, 0.3) is 89.7 Å². The van der Waals surface area contributed by atoms with E-state index >= 15 is 0 Å². The normalized spacial score (nSPS) is 11.5. The number of hydrogen-bond acceptors (Lipinski definition) is 6. The van der Waals surface area contributed by atoms with Crippen LogP contribution in [0.2, 0.25) is 0 Å². The van der Waals surface area contributed by atoms with E-state index in [1.165, 1.54) is 21.9 Å². The minimum atomic E-state index is 0. The third kappa shape index (κ3) is 7.70. The number of nitrogens with one attached hydrogen (secondary N) is 2. The molecule has 5 heterocycles. The molecule has 59 heavy (non-hydrogen) atoms. The summed E-state index contributed by atoms with van der Waals surface area (Å²) < 4.78 is 0. The number of benzene rings is 4. The molecule has 3 aromatic heterocycles.